The highest BCUT2D eigenvalue weighted by atomic mass is 16.1. The number of rotatable bonds is 6. The summed E-state index contributed by atoms with van der Waals surface area (Å²) in [6.07, 6.45) is 5.14. The van der Waals surface area contributed by atoms with E-state index in [1.165, 1.54) is 31.2 Å². The van der Waals surface area contributed by atoms with Crippen molar-refractivity contribution in [3.63, 3.8) is 0 Å². The van der Waals surface area contributed by atoms with E-state index in [0.717, 1.165) is 24.6 Å². The number of ketones is 1. The van der Waals surface area contributed by atoms with Crippen molar-refractivity contribution in [2.24, 2.45) is 5.92 Å². The van der Waals surface area contributed by atoms with E-state index in [4.69, 9.17) is 0 Å². The van der Waals surface area contributed by atoms with Crippen LogP contribution in [0.3, 0.4) is 0 Å². The van der Waals surface area contributed by atoms with Gasteiger partial charge in [0.25, 0.3) is 0 Å². The maximum Gasteiger partial charge on any atom is 0.176 e. The van der Waals surface area contributed by atoms with Gasteiger partial charge in [0.05, 0.1) is 6.54 Å². The van der Waals surface area contributed by atoms with E-state index in [1.54, 1.807) is 0 Å². The van der Waals surface area contributed by atoms with E-state index < -0.39 is 0 Å². The first-order chi connectivity index (χ1) is 10.1. The maximum atomic E-state index is 12.4. The lowest BCUT2D eigenvalue weighted by Gasteiger charge is -2.31. The number of hydrogen-bond donors (Lipinski definition) is 0. The van der Waals surface area contributed by atoms with E-state index in [0.29, 0.717) is 12.5 Å². The first-order valence-electron chi connectivity index (χ1n) is 8.45. The molecule has 21 heavy (non-hydrogen) atoms. The van der Waals surface area contributed by atoms with Gasteiger partial charge in [0.15, 0.2) is 5.78 Å². The van der Waals surface area contributed by atoms with Crippen LogP contribution in [-0.2, 0) is 0 Å². The Morgan fingerprint density at radius 1 is 1.19 bits per heavy atom. The van der Waals surface area contributed by atoms with Crippen LogP contribution in [0.5, 0.6) is 0 Å². The van der Waals surface area contributed by atoms with Crippen LogP contribution in [0, 0.1) is 5.92 Å². The van der Waals surface area contributed by atoms with Crippen molar-refractivity contribution in [1.82, 2.24) is 4.90 Å². The van der Waals surface area contributed by atoms with E-state index >= 15 is 0 Å². The first-order valence-corrected chi connectivity index (χ1v) is 8.45. The lowest BCUT2D eigenvalue weighted by atomic mass is 9.92. The molecule has 2 nitrogen and oxygen atoms in total. The molecule has 1 aromatic rings. The van der Waals surface area contributed by atoms with E-state index in [-0.39, 0.29) is 5.78 Å². The molecule has 2 heteroatoms. The Kier molecular flexibility index (Phi) is 5.98. The van der Waals surface area contributed by atoms with Gasteiger partial charge in [-0.3, -0.25) is 9.69 Å². The smallest absolute Gasteiger partial charge is 0.176 e. The number of Topliss-reactive ketones (excluding diaryl/α,β-unsaturated/α-hetero) is 1. The highest BCUT2D eigenvalue weighted by Gasteiger charge is 2.20. The minimum Gasteiger partial charge on any atom is -0.296 e. The van der Waals surface area contributed by atoms with Crippen molar-refractivity contribution in [1.29, 1.82) is 0 Å². The fraction of sp³-hybridized carbons (Fsp3) is 0.632. The quantitative estimate of drug-likeness (QED) is 0.718. The molecule has 0 aromatic heterocycles. The third-order valence-corrected chi connectivity index (χ3v) is 4.67. The van der Waals surface area contributed by atoms with Crippen molar-refractivity contribution in [2.45, 2.75) is 52.4 Å². The minimum atomic E-state index is 0.263. The topological polar surface area (TPSA) is 20.3 Å². The van der Waals surface area contributed by atoms with Gasteiger partial charge in [-0.15, -0.1) is 0 Å². The van der Waals surface area contributed by atoms with Crippen molar-refractivity contribution in [2.75, 3.05) is 19.6 Å². The Hall–Kier alpha value is -1.15. The third kappa shape index (κ3) is 4.67. The summed E-state index contributed by atoms with van der Waals surface area (Å²) in [6.45, 7) is 9.37. The number of carbonyl (C=O) groups is 1. The lowest BCUT2D eigenvalue weighted by molar-refractivity contribution is 0.0893. The Labute approximate surface area is 129 Å². The van der Waals surface area contributed by atoms with E-state index in [2.05, 4.69) is 37.8 Å². The molecule has 0 amide bonds. The van der Waals surface area contributed by atoms with Gasteiger partial charge >= 0.3 is 0 Å². The number of hydrogen-bond acceptors (Lipinski definition) is 2. The van der Waals surface area contributed by atoms with E-state index in [1.807, 2.05) is 12.1 Å². The molecule has 0 saturated carbocycles. The summed E-state index contributed by atoms with van der Waals surface area (Å²) in [5.74, 6) is 1.66. The molecule has 1 heterocycles. The van der Waals surface area contributed by atoms with Gasteiger partial charge in [0, 0.05) is 5.56 Å². The van der Waals surface area contributed by atoms with Crippen molar-refractivity contribution < 1.29 is 4.79 Å². The molecule has 0 N–H and O–H groups in total. The summed E-state index contributed by atoms with van der Waals surface area (Å²) in [6, 6.07) is 8.15. The normalized spacial score (nSPS) is 17.3. The summed E-state index contributed by atoms with van der Waals surface area (Å²) in [7, 11) is 0. The van der Waals surface area contributed by atoms with Gasteiger partial charge in [-0.05, 0) is 43.3 Å². The predicted molar refractivity (Wildman–Crippen MR) is 88.9 cm³/mol. The molecule has 2 rings (SSSR count). The Balaban J connectivity index is 1.84. The van der Waals surface area contributed by atoms with Crippen LogP contribution in [0.4, 0.5) is 0 Å². The first kappa shape index (κ1) is 16.2. The SMILES string of the molecule is CCCC1CCN(CC(=O)c2ccc(C(C)C)cc2)CC1. The van der Waals surface area contributed by atoms with Gasteiger partial charge in [-0.25, -0.2) is 0 Å². The van der Waals surface area contributed by atoms with Crippen LogP contribution in [0.25, 0.3) is 0 Å². The summed E-state index contributed by atoms with van der Waals surface area (Å²) in [5, 5.41) is 0. The molecule has 1 fully saturated rings. The highest BCUT2D eigenvalue weighted by molar-refractivity contribution is 5.97. The molecular weight excluding hydrogens is 258 g/mol. The summed E-state index contributed by atoms with van der Waals surface area (Å²) in [4.78, 5) is 14.7. The third-order valence-electron chi connectivity index (χ3n) is 4.67. The Morgan fingerprint density at radius 2 is 1.81 bits per heavy atom. The van der Waals surface area contributed by atoms with Crippen LogP contribution in [0.1, 0.15) is 68.3 Å². The molecule has 0 unspecified atom stereocenters. The van der Waals surface area contributed by atoms with Crippen molar-refractivity contribution >= 4 is 5.78 Å². The zero-order valence-corrected chi connectivity index (χ0v) is 13.8. The van der Waals surface area contributed by atoms with Gasteiger partial charge in [-0.1, -0.05) is 57.9 Å². The maximum absolute atomic E-state index is 12.4. The lowest BCUT2D eigenvalue weighted by Crippen LogP contribution is -2.37. The molecule has 1 aliphatic rings. The summed E-state index contributed by atoms with van der Waals surface area (Å²) in [5.41, 5.74) is 2.15. The zero-order chi connectivity index (χ0) is 15.2. The number of piperidine rings is 1. The molecule has 1 aromatic carbocycles. The van der Waals surface area contributed by atoms with Gasteiger partial charge < -0.3 is 0 Å². The molecule has 0 aliphatic carbocycles. The molecule has 1 saturated heterocycles. The van der Waals surface area contributed by atoms with E-state index in [9.17, 15) is 4.79 Å². The number of carbonyl (C=O) groups excluding carboxylic acids is 1. The van der Waals surface area contributed by atoms with Crippen molar-refractivity contribution in [3.8, 4) is 0 Å². The van der Waals surface area contributed by atoms with Gasteiger partial charge in [0.2, 0.25) is 0 Å². The molecule has 0 radical (unpaired) electrons. The molecule has 116 valence electrons. The fourth-order valence-corrected chi connectivity index (χ4v) is 3.19. The van der Waals surface area contributed by atoms with Crippen LogP contribution >= 0.6 is 0 Å². The van der Waals surface area contributed by atoms with Crippen LogP contribution < -0.4 is 0 Å². The summed E-state index contributed by atoms with van der Waals surface area (Å²) >= 11 is 0. The molecular formula is C19H29NO. The molecule has 0 bridgehead atoms. The second-order valence-electron chi connectivity index (χ2n) is 6.71. The van der Waals surface area contributed by atoms with Crippen LogP contribution in [-0.4, -0.2) is 30.3 Å². The number of benzene rings is 1. The molecule has 0 spiro atoms. The van der Waals surface area contributed by atoms with Gasteiger partial charge in [-0.2, -0.15) is 0 Å². The molecule has 1 aliphatic heterocycles. The minimum absolute atomic E-state index is 0.263. The largest absolute Gasteiger partial charge is 0.296 e. The zero-order valence-electron chi connectivity index (χ0n) is 13.8. The monoisotopic (exact) mass is 287 g/mol. The number of nitrogens with zero attached hydrogens (tertiary/aromatic N) is 1. The van der Waals surface area contributed by atoms with Crippen LogP contribution in [0.15, 0.2) is 24.3 Å². The van der Waals surface area contributed by atoms with Crippen LogP contribution in [0.2, 0.25) is 0 Å². The summed E-state index contributed by atoms with van der Waals surface area (Å²) < 4.78 is 0. The number of likely N-dealkylation sites (tertiary alicyclic amines) is 1. The van der Waals surface area contributed by atoms with Gasteiger partial charge in [0.1, 0.15) is 0 Å². The Morgan fingerprint density at radius 3 is 2.33 bits per heavy atom. The fourth-order valence-electron chi connectivity index (χ4n) is 3.19. The van der Waals surface area contributed by atoms with Crippen molar-refractivity contribution in [3.05, 3.63) is 35.4 Å². The highest BCUT2D eigenvalue weighted by Crippen LogP contribution is 2.22. The Bertz CT molecular complexity index is 441. The predicted octanol–water partition coefficient (Wildman–Crippen LogP) is 4.50. The average molecular weight is 287 g/mol. The second-order valence-corrected chi connectivity index (χ2v) is 6.71. The molecule has 0 atom stereocenters. The second kappa shape index (κ2) is 7.74. The average Bonchev–Trinajstić information content (AvgIpc) is 2.49. The standard InChI is InChI=1S/C19H29NO/c1-4-5-16-10-12-20(13-11-16)14-19(21)18-8-6-17(7-9-18)15(2)3/h6-9,15-16H,4-5,10-14H2,1-3H3.